The third-order valence-electron chi connectivity index (χ3n) is 3.28. The van der Waals surface area contributed by atoms with Crippen LogP contribution >= 0.6 is 0 Å². The molecule has 1 aliphatic carbocycles. The molecule has 1 aromatic carbocycles. The van der Waals surface area contributed by atoms with E-state index in [-0.39, 0.29) is 11.6 Å². The Morgan fingerprint density at radius 1 is 1.38 bits per heavy atom. The summed E-state index contributed by atoms with van der Waals surface area (Å²) in [5.74, 6) is -0.282. The summed E-state index contributed by atoms with van der Waals surface area (Å²) in [4.78, 5) is 23.9. The second-order valence-electron chi connectivity index (χ2n) is 4.29. The number of ketones is 2. The molecule has 0 N–H and O–H groups in total. The summed E-state index contributed by atoms with van der Waals surface area (Å²) in [5, 5.41) is 0. The maximum Gasteiger partial charge on any atom is 0.173 e. The van der Waals surface area contributed by atoms with E-state index < -0.39 is 5.92 Å². The molecule has 1 unspecified atom stereocenters. The average Bonchev–Trinajstić information content (AvgIpc) is 2.49. The third kappa shape index (κ3) is 1.92. The van der Waals surface area contributed by atoms with Crippen LogP contribution in [0.2, 0.25) is 0 Å². The standard InChI is InChI=1S/C14H16O2/c1-2-13(15)12-9-5-7-10-6-3-4-8-11(10)14(12)16/h3-4,6,8,12H,2,5,7,9H2,1H3. The monoisotopic (exact) mass is 216 g/mol. The zero-order chi connectivity index (χ0) is 11.5. The molecular formula is C14H16O2. The largest absolute Gasteiger partial charge is 0.299 e. The van der Waals surface area contributed by atoms with Crippen LogP contribution < -0.4 is 0 Å². The van der Waals surface area contributed by atoms with Crippen LogP contribution in [0.5, 0.6) is 0 Å². The third-order valence-corrected chi connectivity index (χ3v) is 3.28. The van der Waals surface area contributed by atoms with Crippen molar-refractivity contribution in [3.05, 3.63) is 35.4 Å². The predicted octanol–water partition coefficient (Wildman–Crippen LogP) is 2.80. The maximum absolute atomic E-state index is 12.2. The first-order valence-corrected chi connectivity index (χ1v) is 5.89. The SMILES string of the molecule is CCC(=O)C1CCCc2ccccc2C1=O. The van der Waals surface area contributed by atoms with Gasteiger partial charge in [0, 0.05) is 12.0 Å². The van der Waals surface area contributed by atoms with E-state index in [1.54, 1.807) is 0 Å². The molecule has 1 atom stereocenters. The molecular weight excluding hydrogens is 200 g/mol. The first-order chi connectivity index (χ1) is 7.74. The van der Waals surface area contributed by atoms with Crippen molar-refractivity contribution in [1.82, 2.24) is 0 Å². The van der Waals surface area contributed by atoms with Crippen LogP contribution in [0.1, 0.15) is 42.1 Å². The minimum atomic E-state index is -0.395. The number of carbonyl (C=O) groups excluding carboxylic acids is 2. The minimum absolute atomic E-state index is 0.0277. The van der Waals surface area contributed by atoms with Crippen molar-refractivity contribution < 1.29 is 9.59 Å². The van der Waals surface area contributed by atoms with Gasteiger partial charge in [0.25, 0.3) is 0 Å². The number of Topliss-reactive ketones (excluding diaryl/α,β-unsaturated/α-hetero) is 2. The number of rotatable bonds is 2. The molecule has 0 aliphatic heterocycles. The zero-order valence-corrected chi connectivity index (χ0v) is 9.53. The fraction of sp³-hybridized carbons (Fsp3) is 0.429. The van der Waals surface area contributed by atoms with E-state index in [4.69, 9.17) is 0 Å². The van der Waals surface area contributed by atoms with Crippen molar-refractivity contribution in [2.24, 2.45) is 5.92 Å². The number of hydrogen-bond donors (Lipinski definition) is 0. The van der Waals surface area contributed by atoms with Crippen molar-refractivity contribution in [2.75, 3.05) is 0 Å². The smallest absolute Gasteiger partial charge is 0.173 e. The molecule has 2 heteroatoms. The summed E-state index contributed by atoms with van der Waals surface area (Å²) in [6.07, 6.45) is 3.01. The van der Waals surface area contributed by atoms with Gasteiger partial charge < -0.3 is 0 Å². The average molecular weight is 216 g/mol. The van der Waals surface area contributed by atoms with Crippen molar-refractivity contribution in [3.8, 4) is 0 Å². The summed E-state index contributed by atoms with van der Waals surface area (Å²) in [6.45, 7) is 1.83. The Balaban J connectivity index is 2.37. The second-order valence-corrected chi connectivity index (χ2v) is 4.29. The van der Waals surface area contributed by atoms with Crippen molar-refractivity contribution in [3.63, 3.8) is 0 Å². The summed E-state index contributed by atoms with van der Waals surface area (Å²) in [7, 11) is 0. The van der Waals surface area contributed by atoms with Crippen molar-refractivity contribution >= 4 is 11.6 Å². The highest BCUT2D eigenvalue weighted by atomic mass is 16.1. The molecule has 0 amide bonds. The van der Waals surface area contributed by atoms with E-state index in [1.807, 2.05) is 31.2 Å². The van der Waals surface area contributed by atoms with Gasteiger partial charge in [0.05, 0.1) is 5.92 Å². The topological polar surface area (TPSA) is 34.1 Å². The Morgan fingerprint density at radius 3 is 2.88 bits per heavy atom. The number of carbonyl (C=O) groups is 2. The quantitative estimate of drug-likeness (QED) is 0.562. The molecule has 16 heavy (non-hydrogen) atoms. The normalized spacial score (nSPS) is 20.1. The van der Waals surface area contributed by atoms with Crippen LogP contribution in [0, 0.1) is 5.92 Å². The highest BCUT2D eigenvalue weighted by molar-refractivity contribution is 6.11. The van der Waals surface area contributed by atoms with Crippen LogP contribution in [0.3, 0.4) is 0 Å². The van der Waals surface area contributed by atoms with Crippen molar-refractivity contribution in [1.29, 1.82) is 0 Å². The van der Waals surface area contributed by atoms with Gasteiger partial charge in [-0.25, -0.2) is 0 Å². The lowest BCUT2D eigenvalue weighted by molar-refractivity contribution is -0.121. The molecule has 0 fully saturated rings. The summed E-state index contributed by atoms with van der Waals surface area (Å²) >= 11 is 0. The fourth-order valence-corrected chi connectivity index (χ4v) is 2.35. The first-order valence-electron chi connectivity index (χ1n) is 5.89. The van der Waals surface area contributed by atoms with E-state index >= 15 is 0 Å². The summed E-state index contributed by atoms with van der Waals surface area (Å²) < 4.78 is 0. The number of benzene rings is 1. The second kappa shape index (κ2) is 4.60. The van der Waals surface area contributed by atoms with Crippen LogP contribution in [0.25, 0.3) is 0 Å². The Morgan fingerprint density at radius 2 is 2.12 bits per heavy atom. The molecule has 0 bridgehead atoms. The molecule has 0 saturated carbocycles. The Labute approximate surface area is 95.7 Å². The van der Waals surface area contributed by atoms with Gasteiger partial charge in [-0.3, -0.25) is 9.59 Å². The van der Waals surface area contributed by atoms with E-state index in [0.29, 0.717) is 12.8 Å². The number of hydrogen-bond acceptors (Lipinski definition) is 2. The van der Waals surface area contributed by atoms with E-state index in [0.717, 1.165) is 24.0 Å². The van der Waals surface area contributed by atoms with Gasteiger partial charge in [-0.2, -0.15) is 0 Å². The van der Waals surface area contributed by atoms with Gasteiger partial charge in [0.2, 0.25) is 0 Å². The van der Waals surface area contributed by atoms with Gasteiger partial charge in [-0.1, -0.05) is 31.2 Å². The lowest BCUT2D eigenvalue weighted by Crippen LogP contribution is -2.22. The molecule has 2 rings (SSSR count). The molecule has 0 aromatic heterocycles. The highest BCUT2D eigenvalue weighted by Gasteiger charge is 2.29. The molecule has 84 valence electrons. The van der Waals surface area contributed by atoms with E-state index in [1.165, 1.54) is 0 Å². The molecule has 0 spiro atoms. The highest BCUT2D eigenvalue weighted by Crippen LogP contribution is 2.25. The Bertz CT molecular complexity index is 420. The van der Waals surface area contributed by atoms with Gasteiger partial charge in [0.1, 0.15) is 5.78 Å². The van der Waals surface area contributed by atoms with Crippen LogP contribution in [0.4, 0.5) is 0 Å². The van der Waals surface area contributed by atoms with E-state index in [9.17, 15) is 9.59 Å². The lowest BCUT2D eigenvalue weighted by Gasteiger charge is -2.10. The maximum atomic E-state index is 12.2. The van der Waals surface area contributed by atoms with Crippen LogP contribution in [-0.2, 0) is 11.2 Å². The number of fused-ring (bicyclic) bond motifs is 1. The fourth-order valence-electron chi connectivity index (χ4n) is 2.35. The number of aryl methyl sites for hydroxylation is 1. The molecule has 2 nitrogen and oxygen atoms in total. The molecule has 1 aliphatic rings. The first kappa shape index (κ1) is 11.1. The molecule has 0 radical (unpaired) electrons. The molecule has 0 saturated heterocycles. The van der Waals surface area contributed by atoms with Gasteiger partial charge in [0.15, 0.2) is 5.78 Å². The minimum Gasteiger partial charge on any atom is -0.299 e. The Hall–Kier alpha value is -1.44. The van der Waals surface area contributed by atoms with Crippen LogP contribution in [-0.4, -0.2) is 11.6 Å². The lowest BCUT2D eigenvalue weighted by atomic mass is 9.90. The zero-order valence-electron chi connectivity index (χ0n) is 9.53. The van der Waals surface area contributed by atoms with Crippen molar-refractivity contribution in [2.45, 2.75) is 32.6 Å². The molecule has 0 heterocycles. The van der Waals surface area contributed by atoms with Gasteiger partial charge in [-0.15, -0.1) is 0 Å². The van der Waals surface area contributed by atoms with Crippen LogP contribution in [0.15, 0.2) is 24.3 Å². The van der Waals surface area contributed by atoms with Gasteiger partial charge >= 0.3 is 0 Å². The van der Waals surface area contributed by atoms with E-state index in [2.05, 4.69) is 0 Å². The Kier molecular flexibility index (Phi) is 3.18. The summed E-state index contributed by atoms with van der Waals surface area (Å²) in [5.41, 5.74) is 1.85. The van der Waals surface area contributed by atoms with Gasteiger partial charge in [-0.05, 0) is 24.8 Å². The summed E-state index contributed by atoms with van der Waals surface area (Å²) in [6, 6.07) is 7.66. The predicted molar refractivity (Wildman–Crippen MR) is 62.5 cm³/mol. The molecule has 1 aromatic rings.